The van der Waals surface area contributed by atoms with Gasteiger partial charge in [0.2, 0.25) is 0 Å². The van der Waals surface area contributed by atoms with E-state index in [2.05, 4.69) is 39.4 Å². The summed E-state index contributed by atoms with van der Waals surface area (Å²) in [7, 11) is 0. The molecule has 0 saturated heterocycles. The molecule has 130 valence electrons. The van der Waals surface area contributed by atoms with Crippen molar-refractivity contribution >= 4 is 26.7 Å². The lowest BCUT2D eigenvalue weighted by Crippen LogP contribution is -2.91. The number of halogens is 1. The molecule has 3 N–H and O–H groups in total. The zero-order chi connectivity index (χ0) is 16.8. The van der Waals surface area contributed by atoms with Gasteiger partial charge in [-0.15, -0.1) is 0 Å². The molecule has 3 rings (SSSR count). The van der Waals surface area contributed by atoms with Gasteiger partial charge in [0.15, 0.2) is 0 Å². The number of ether oxygens (including phenoxy) is 1. The summed E-state index contributed by atoms with van der Waals surface area (Å²) in [5.74, 6) is 0.818. The maximum Gasteiger partial charge on any atom is 0.137 e. The normalized spacial score (nSPS) is 17.6. The van der Waals surface area contributed by atoms with Crippen LogP contribution in [0.3, 0.4) is 0 Å². The minimum atomic E-state index is -0.422. The second kappa shape index (κ2) is 8.84. The number of aliphatic hydroxyl groups excluding tert-OH is 1. The highest BCUT2D eigenvalue weighted by Crippen LogP contribution is 2.24. The molecule has 0 radical (unpaired) electrons. The molecule has 0 aromatic heterocycles. The van der Waals surface area contributed by atoms with E-state index < -0.39 is 6.10 Å². The van der Waals surface area contributed by atoms with Gasteiger partial charge in [-0.25, -0.2) is 0 Å². The Kier molecular flexibility index (Phi) is 6.52. The van der Waals surface area contributed by atoms with Crippen molar-refractivity contribution < 1.29 is 15.2 Å². The fourth-order valence-electron chi connectivity index (χ4n) is 3.44. The van der Waals surface area contributed by atoms with E-state index in [1.54, 1.807) is 0 Å². The smallest absolute Gasteiger partial charge is 0.137 e. The Balaban J connectivity index is 1.47. The van der Waals surface area contributed by atoms with Crippen molar-refractivity contribution in [3.8, 4) is 5.75 Å². The summed E-state index contributed by atoms with van der Waals surface area (Å²) in [5, 5.41) is 14.8. The average molecular weight is 393 g/mol. The summed E-state index contributed by atoms with van der Waals surface area (Å²) in [6.45, 7) is 1.08. The van der Waals surface area contributed by atoms with Crippen molar-refractivity contribution in [3.05, 3.63) is 40.9 Å². The van der Waals surface area contributed by atoms with Crippen LogP contribution in [0.1, 0.15) is 38.5 Å². The molecule has 0 heterocycles. The molecule has 0 spiro atoms. The Morgan fingerprint density at radius 1 is 1.04 bits per heavy atom. The van der Waals surface area contributed by atoms with Crippen molar-refractivity contribution in [1.29, 1.82) is 0 Å². The SMILES string of the molecule is O[C@H](C[NH2+]C1CCCCCC1)COc1ccc2cc(Br)ccc2c1. The Hall–Kier alpha value is -1.10. The standard InChI is InChI=1S/C20H26BrNO2/c21-17-9-7-16-12-20(10-8-15(16)11-17)24-14-19(23)13-22-18-5-3-1-2-4-6-18/h7-12,18-19,22-23H,1-6,13-14H2/p+1/t19-/m1/s1. The van der Waals surface area contributed by atoms with Crippen LogP contribution in [0.4, 0.5) is 0 Å². The number of hydrogen-bond acceptors (Lipinski definition) is 2. The summed E-state index contributed by atoms with van der Waals surface area (Å²) in [6.07, 6.45) is 7.56. The van der Waals surface area contributed by atoms with E-state index in [9.17, 15) is 5.11 Å². The fraction of sp³-hybridized carbons (Fsp3) is 0.500. The van der Waals surface area contributed by atoms with Crippen LogP contribution in [0.2, 0.25) is 0 Å². The third-order valence-corrected chi connectivity index (χ3v) is 5.35. The predicted octanol–water partition coefficient (Wildman–Crippen LogP) is 3.63. The summed E-state index contributed by atoms with van der Waals surface area (Å²) >= 11 is 3.49. The largest absolute Gasteiger partial charge is 0.491 e. The zero-order valence-corrected chi connectivity index (χ0v) is 15.7. The van der Waals surface area contributed by atoms with E-state index in [1.807, 2.05) is 18.2 Å². The molecule has 0 bridgehead atoms. The van der Waals surface area contributed by atoms with Gasteiger partial charge in [0.05, 0.1) is 6.04 Å². The number of benzene rings is 2. The summed E-state index contributed by atoms with van der Waals surface area (Å²) in [6, 6.07) is 12.9. The molecule has 1 fully saturated rings. The summed E-state index contributed by atoms with van der Waals surface area (Å²) in [5.41, 5.74) is 0. The second-order valence-corrected chi connectivity index (χ2v) is 7.76. The quantitative estimate of drug-likeness (QED) is 0.737. The van der Waals surface area contributed by atoms with Gasteiger partial charge < -0.3 is 15.2 Å². The van der Waals surface area contributed by atoms with Crippen LogP contribution in [0.25, 0.3) is 10.8 Å². The van der Waals surface area contributed by atoms with Crippen LogP contribution in [0, 0.1) is 0 Å². The first-order chi connectivity index (χ1) is 11.7. The van der Waals surface area contributed by atoms with Gasteiger partial charge in [0, 0.05) is 4.47 Å². The molecular weight excluding hydrogens is 366 g/mol. The lowest BCUT2D eigenvalue weighted by Gasteiger charge is -2.16. The molecule has 4 heteroatoms. The maximum absolute atomic E-state index is 10.2. The van der Waals surface area contributed by atoms with E-state index in [-0.39, 0.29) is 0 Å². The number of aliphatic hydroxyl groups is 1. The van der Waals surface area contributed by atoms with Gasteiger partial charge >= 0.3 is 0 Å². The number of quaternary nitrogens is 1. The molecule has 24 heavy (non-hydrogen) atoms. The topological polar surface area (TPSA) is 46.1 Å². The molecule has 2 aromatic rings. The van der Waals surface area contributed by atoms with Crippen LogP contribution < -0.4 is 10.1 Å². The fourth-order valence-corrected chi connectivity index (χ4v) is 3.82. The van der Waals surface area contributed by atoms with Crippen LogP contribution in [-0.4, -0.2) is 30.4 Å². The van der Waals surface area contributed by atoms with Crippen molar-refractivity contribution in [2.75, 3.05) is 13.2 Å². The van der Waals surface area contributed by atoms with Crippen LogP contribution >= 0.6 is 15.9 Å². The van der Waals surface area contributed by atoms with Gasteiger partial charge in [-0.05, 0) is 60.7 Å². The minimum Gasteiger partial charge on any atom is -0.491 e. The zero-order valence-electron chi connectivity index (χ0n) is 14.1. The molecule has 0 aliphatic heterocycles. The maximum atomic E-state index is 10.2. The van der Waals surface area contributed by atoms with Crippen molar-refractivity contribution in [3.63, 3.8) is 0 Å². The molecular formula is C20H27BrNO2+. The van der Waals surface area contributed by atoms with E-state index in [1.165, 1.54) is 43.9 Å². The highest BCUT2D eigenvalue weighted by Gasteiger charge is 2.17. The lowest BCUT2D eigenvalue weighted by molar-refractivity contribution is -0.695. The number of hydrogen-bond donors (Lipinski definition) is 2. The molecule has 1 aliphatic carbocycles. The third-order valence-electron chi connectivity index (χ3n) is 4.86. The first-order valence-electron chi connectivity index (χ1n) is 9.04. The monoisotopic (exact) mass is 392 g/mol. The number of rotatable bonds is 6. The van der Waals surface area contributed by atoms with Crippen molar-refractivity contribution in [2.45, 2.75) is 50.7 Å². The number of fused-ring (bicyclic) bond motifs is 1. The molecule has 3 nitrogen and oxygen atoms in total. The van der Waals surface area contributed by atoms with Crippen molar-refractivity contribution in [2.24, 2.45) is 0 Å². The molecule has 0 amide bonds. The second-order valence-electron chi connectivity index (χ2n) is 6.84. The Morgan fingerprint density at radius 2 is 1.75 bits per heavy atom. The van der Waals surface area contributed by atoms with E-state index in [4.69, 9.17) is 4.74 Å². The van der Waals surface area contributed by atoms with Crippen molar-refractivity contribution in [1.82, 2.24) is 0 Å². The lowest BCUT2D eigenvalue weighted by atomic mass is 10.1. The van der Waals surface area contributed by atoms with Gasteiger partial charge in [-0.3, -0.25) is 0 Å². The predicted molar refractivity (Wildman–Crippen MR) is 101 cm³/mol. The summed E-state index contributed by atoms with van der Waals surface area (Å²) < 4.78 is 6.87. The van der Waals surface area contributed by atoms with Crippen LogP contribution in [0.5, 0.6) is 5.75 Å². The Labute approximate surface area is 152 Å². The third kappa shape index (κ3) is 5.20. The van der Waals surface area contributed by atoms with E-state index >= 15 is 0 Å². The summed E-state index contributed by atoms with van der Waals surface area (Å²) in [4.78, 5) is 0. The molecule has 1 saturated carbocycles. The first kappa shape index (κ1) is 17.7. The molecule has 1 atom stereocenters. The van der Waals surface area contributed by atoms with Gasteiger partial charge in [-0.1, -0.05) is 40.9 Å². The highest BCUT2D eigenvalue weighted by molar-refractivity contribution is 9.10. The number of nitrogens with two attached hydrogens (primary N) is 1. The Morgan fingerprint density at radius 3 is 2.54 bits per heavy atom. The van der Waals surface area contributed by atoms with E-state index in [0.717, 1.165) is 22.2 Å². The highest BCUT2D eigenvalue weighted by atomic mass is 79.9. The van der Waals surface area contributed by atoms with Gasteiger partial charge in [0.25, 0.3) is 0 Å². The van der Waals surface area contributed by atoms with Gasteiger partial charge in [-0.2, -0.15) is 0 Å². The molecule has 0 unspecified atom stereocenters. The first-order valence-corrected chi connectivity index (χ1v) is 9.83. The average Bonchev–Trinajstić information content (AvgIpc) is 2.87. The van der Waals surface area contributed by atoms with Crippen LogP contribution in [0.15, 0.2) is 40.9 Å². The minimum absolute atomic E-state index is 0.352. The van der Waals surface area contributed by atoms with E-state index in [0.29, 0.717) is 12.6 Å². The Bertz CT molecular complexity index is 653. The molecule has 2 aromatic carbocycles. The van der Waals surface area contributed by atoms with Gasteiger partial charge in [0.1, 0.15) is 25.0 Å². The molecule has 1 aliphatic rings. The van der Waals surface area contributed by atoms with Crippen LogP contribution in [-0.2, 0) is 0 Å².